The second kappa shape index (κ2) is 6.01. The molecule has 8 heteroatoms. The summed E-state index contributed by atoms with van der Waals surface area (Å²) >= 11 is 1.48. The average Bonchev–Trinajstić information content (AvgIpc) is 3.03. The normalized spacial score (nSPS) is 30.8. The van der Waals surface area contributed by atoms with Crippen molar-refractivity contribution in [1.82, 2.24) is 10.5 Å². The van der Waals surface area contributed by atoms with Crippen LogP contribution in [-0.4, -0.2) is 36.0 Å². The number of nitrogens with one attached hydrogen (secondary N) is 2. The summed E-state index contributed by atoms with van der Waals surface area (Å²) in [5.74, 6) is 0.798. The van der Waals surface area contributed by atoms with Gasteiger partial charge in [0.2, 0.25) is 0 Å². The van der Waals surface area contributed by atoms with Crippen LogP contribution in [0, 0.1) is 5.92 Å². The highest BCUT2D eigenvalue weighted by atomic mass is 32.1. The molecular formula is C15H23N3O4S. The van der Waals surface area contributed by atoms with Crippen LogP contribution in [0.1, 0.15) is 39.1 Å². The third-order valence-corrected chi connectivity index (χ3v) is 4.98. The zero-order valence-electron chi connectivity index (χ0n) is 13.8. The van der Waals surface area contributed by atoms with Gasteiger partial charge in [-0.1, -0.05) is 0 Å². The highest BCUT2D eigenvalue weighted by Crippen LogP contribution is 2.42. The topological polar surface area (TPSA) is 81.7 Å². The number of carbonyl (C=O) groups excluding carboxylic acids is 1. The van der Waals surface area contributed by atoms with Gasteiger partial charge < -0.3 is 14.3 Å². The van der Waals surface area contributed by atoms with Crippen molar-refractivity contribution in [3.8, 4) is 0 Å². The van der Waals surface area contributed by atoms with E-state index in [2.05, 4.69) is 22.7 Å². The minimum atomic E-state index is -0.541. The van der Waals surface area contributed by atoms with Crippen LogP contribution in [0.3, 0.4) is 0 Å². The maximum Gasteiger partial charge on any atom is 0.413 e. The summed E-state index contributed by atoms with van der Waals surface area (Å²) < 4.78 is 11.1. The summed E-state index contributed by atoms with van der Waals surface area (Å²) in [4.78, 5) is 21.9. The fraction of sp³-hybridized carbons (Fsp3) is 0.733. The summed E-state index contributed by atoms with van der Waals surface area (Å²) in [7, 11) is 0. The zero-order chi connectivity index (χ0) is 16.7. The molecule has 0 radical (unpaired) electrons. The van der Waals surface area contributed by atoms with E-state index in [1.807, 2.05) is 26.2 Å². The largest absolute Gasteiger partial charge is 0.444 e. The van der Waals surface area contributed by atoms with Crippen LogP contribution in [0.25, 0.3) is 0 Å². The number of ether oxygens (including phenoxy) is 2. The Morgan fingerprint density at radius 3 is 3.09 bits per heavy atom. The summed E-state index contributed by atoms with van der Waals surface area (Å²) in [5.41, 5.74) is 2.13. The number of carbonyl (C=O) groups is 1. The molecule has 3 atom stereocenters. The molecule has 0 spiro atoms. The molecule has 0 aromatic carbocycles. The van der Waals surface area contributed by atoms with Gasteiger partial charge in [0.15, 0.2) is 0 Å². The van der Waals surface area contributed by atoms with Crippen molar-refractivity contribution in [3.05, 3.63) is 10.4 Å². The Hall–Kier alpha value is -1.22. The zero-order valence-corrected chi connectivity index (χ0v) is 14.7. The smallest absolute Gasteiger partial charge is 0.413 e. The lowest BCUT2D eigenvalue weighted by Gasteiger charge is -2.38. The minimum Gasteiger partial charge on any atom is -0.444 e. The predicted molar refractivity (Wildman–Crippen MR) is 86.3 cm³/mol. The van der Waals surface area contributed by atoms with Crippen molar-refractivity contribution < 1.29 is 19.1 Å². The molecule has 1 aromatic heterocycles. The molecule has 0 saturated carbocycles. The first-order valence-corrected chi connectivity index (χ1v) is 8.63. The molecule has 0 bridgehead atoms. The number of amides is 1. The maximum atomic E-state index is 11.8. The number of anilines is 1. The Bertz CT molecular complexity index is 586. The number of aromatic nitrogens is 1. The highest BCUT2D eigenvalue weighted by Gasteiger charge is 2.51. The van der Waals surface area contributed by atoms with Gasteiger partial charge in [0.25, 0.3) is 0 Å². The van der Waals surface area contributed by atoms with Crippen molar-refractivity contribution in [2.75, 3.05) is 18.5 Å². The molecular weight excluding hydrogens is 318 g/mol. The fourth-order valence-corrected chi connectivity index (χ4v) is 3.84. The van der Waals surface area contributed by atoms with E-state index >= 15 is 0 Å². The lowest BCUT2D eigenvalue weighted by atomic mass is 9.81. The fourth-order valence-electron chi connectivity index (χ4n) is 2.88. The van der Waals surface area contributed by atoms with Gasteiger partial charge in [-0.05, 0) is 34.1 Å². The van der Waals surface area contributed by atoms with E-state index in [0.717, 1.165) is 11.4 Å². The van der Waals surface area contributed by atoms with E-state index in [-0.39, 0.29) is 6.10 Å². The van der Waals surface area contributed by atoms with Crippen molar-refractivity contribution in [3.63, 3.8) is 0 Å². The third kappa shape index (κ3) is 3.50. The van der Waals surface area contributed by atoms with Gasteiger partial charge >= 0.3 is 6.09 Å². The van der Waals surface area contributed by atoms with E-state index in [0.29, 0.717) is 24.9 Å². The summed E-state index contributed by atoms with van der Waals surface area (Å²) in [6.45, 7) is 8.69. The van der Waals surface area contributed by atoms with E-state index in [1.54, 1.807) is 0 Å². The molecule has 23 heavy (non-hydrogen) atoms. The first-order valence-electron chi connectivity index (χ1n) is 7.75. The van der Waals surface area contributed by atoms with E-state index in [4.69, 9.17) is 14.3 Å². The van der Waals surface area contributed by atoms with Crippen LogP contribution in [0.4, 0.5) is 10.6 Å². The Morgan fingerprint density at radius 2 is 2.35 bits per heavy atom. The Kier molecular flexibility index (Phi) is 4.35. The monoisotopic (exact) mass is 341 g/mol. The molecule has 2 aliphatic heterocycles. The first kappa shape index (κ1) is 16.6. The van der Waals surface area contributed by atoms with E-state index in [1.165, 1.54) is 11.3 Å². The van der Waals surface area contributed by atoms with Crippen molar-refractivity contribution in [1.29, 1.82) is 0 Å². The van der Waals surface area contributed by atoms with Crippen LogP contribution < -0.4 is 10.8 Å². The molecule has 128 valence electrons. The number of nitrogens with zero attached hydrogens (tertiary/aromatic N) is 1. The molecule has 2 fully saturated rings. The number of fused-ring (bicyclic) bond motifs is 1. The number of hydrogen-bond acceptors (Lipinski definition) is 7. The second-order valence-corrected chi connectivity index (χ2v) is 7.96. The van der Waals surface area contributed by atoms with Crippen molar-refractivity contribution in [2.45, 2.75) is 51.4 Å². The molecule has 1 amide bonds. The third-order valence-electron chi connectivity index (χ3n) is 3.96. The minimum absolute atomic E-state index is 0.218. The number of thiazole rings is 1. The SMILES string of the molecule is C[C@H]1C[C@H]2CON[C@@]2(c2nc(NC(=O)OC(C)(C)C)cs2)CO1. The standard InChI is InChI=1S/C15H23N3O4S/c1-9-5-10-6-21-18-15(10,8-20-9)12-16-11(7-23-12)17-13(19)22-14(2,3)4/h7,9-10,18H,5-6,8H2,1-4H3,(H,17,19)/t9-,10-,15-/m0/s1. The molecule has 2 aliphatic rings. The van der Waals surface area contributed by atoms with Gasteiger partial charge in [-0.15, -0.1) is 11.3 Å². The number of hydroxylamine groups is 1. The van der Waals surface area contributed by atoms with Crippen LogP contribution in [0.2, 0.25) is 0 Å². The Morgan fingerprint density at radius 1 is 1.57 bits per heavy atom. The van der Waals surface area contributed by atoms with Gasteiger partial charge in [0.1, 0.15) is 22.0 Å². The molecule has 2 N–H and O–H groups in total. The summed E-state index contributed by atoms with van der Waals surface area (Å²) in [5, 5.41) is 5.34. The molecule has 0 aliphatic carbocycles. The van der Waals surface area contributed by atoms with Gasteiger partial charge in [0.05, 0.1) is 19.3 Å². The maximum absolute atomic E-state index is 11.8. The van der Waals surface area contributed by atoms with Gasteiger partial charge in [-0.2, -0.15) is 5.48 Å². The van der Waals surface area contributed by atoms with Gasteiger partial charge in [-0.3, -0.25) is 5.32 Å². The first-order chi connectivity index (χ1) is 10.8. The Balaban J connectivity index is 1.73. The van der Waals surface area contributed by atoms with Crippen LogP contribution in [0.5, 0.6) is 0 Å². The lowest BCUT2D eigenvalue weighted by molar-refractivity contribution is -0.0602. The quantitative estimate of drug-likeness (QED) is 0.861. The average molecular weight is 341 g/mol. The molecule has 3 rings (SSSR count). The second-order valence-electron chi connectivity index (χ2n) is 7.10. The van der Waals surface area contributed by atoms with Crippen LogP contribution in [0.15, 0.2) is 5.38 Å². The highest BCUT2D eigenvalue weighted by molar-refractivity contribution is 7.10. The molecule has 7 nitrogen and oxygen atoms in total. The van der Waals surface area contributed by atoms with E-state index in [9.17, 15) is 4.79 Å². The van der Waals surface area contributed by atoms with Crippen molar-refractivity contribution >= 4 is 23.2 Å². The molecule has 2 saturated heterocycles. The lowest BCUT2D eigenvalue weighted by Crippen LogP contribution is -2.50. The predicted octanol–water partition coefficient (Wildman–Crippen LogP) is 2.65. The molecule has 3 heterocycles. The van der Waals surface area contributed by atoms with E-state index < -0.39 is 17.2 Å². The van der Waals surface area contributed by atoms with Crippen LogP contribution in [-0.2, 0) is 19.9 Å². The van der Waals surface area contributed by atoms with Crippen molar-refractivity contribution in [2.24, 2.45) is 5.92 Å². The number of rotatable bonds is 2. The summed E-state index contributed by atoms with van der Waals surface area (Å²) in [6, 6.07) is 0. The van der Waals surface area contributed by atoms with Crippen LogP contribution >= 0.6 is 11.3 Å². The Labute approximate surface area is 139 Å². The molecule has 0 unspecified atom stereocenters. The number of hydrogen-bond donors (Lipinski definition) is 2. The molecule has 1 aromatic rings. The summed E-state index contributed by atoms with van der Waals surface area (Å²) in [6.07, 6.45) is 0.630. The van der Waals surface area contributed by atoms with Gasteiger partial charge in [0, 0.05) is 11.3 Å². The van der Waals surface area contributed by atoms with Gasteiger partial charge in [-0.25, -0.2) is 9.78 Å².